The van der Waals surface area contributed by atoms with Crippen molar-refractivity contribution in [3.05, 3.63) is 35.9 Å². The fourth-order valence-corrected chi connectivity index (χ4v) is 6.25. The van der Waals surface area contributed by atoms with Crippen molar-refractivity contribution in [3.63, 3.8) is 0 Å². The van der Waals surface area contributed by atoms with Gasteiger partial charge in [0, 0.05) is 7.11 Å². The van der Waals surface area contributed by atoms with Crippen molar-refractivity contribution >= 4 is 0 Å². The van der Waals surface area contributed by atoms with E-state index >= 15 is 0 Å². The molecule has 0 aromatic heterocycles. The van der Waals surface area contributed by atoms with Crippen molar-refractivity contribution in [1.29, 1.82) is 0 Å². The molecule has 1 aromatic rings. The fraction of sp³-hybridized carbons (Fsp3) is 0.769. The molecule has 5 saturated heterocycles. The highest BCUT2D eigenvalue weighted by Crippen LogP contribution is 2.45. The zero-order chi connectivity index (χ0) is 25.2. The number of hydroxylamine groups is 2. The van der Waals surface area contributed by atoms with Crippen molar-refractivity contribution in [2.45, 2.75) is 113 Å². The predicted octanol–water partition coefficient (Wildman–Crippen LogP) is 1.73. The molecule has 0 amide bonds. The first-order valence-corrected chi connectivity index (χ1v) is 12.8. The van der Waals surface area contributed by atoms with Crippen LogP contribution in [0, 0.1) is 0 Å². The van der Waals surface area contributed by atoms with Crippen molar-refractivity contribution < 1.29 is 43.1 Å². The van der Waals surface area contributed by atoms with E-state index in [9.17, 15) is 5.11 Å². The molecule has 200 valence electrons. The minimum Gasteiger partial charge on any atom is -0.389 e. The third kappa shape index (κ3) is 4.51. The van der Waals surface area contributed by atoms with E-state index in [0.29, 0.717) is 19.6 Å². The minimum atomic E-state index is -0.801. The molecule has 0 spiro atoms. The van der Waals surface area contributed by atoms with Gasteiger partial charge in [-0.1, -0.05) is 30.3 Å². The standard InChI is InChI=1S/C26H37NO9/c1-25(2)32-18-15-11-17(36-27(15)12-16(28)19(18)33-25)20-21(30-13-14-9-7-6-8-10-14)22-23(24(29-5)31-20)35-26(3,4)34-22/h6-10,15-24,28H,11-13H2,1-5H3/t15-,16-,17-,18-,19+,20-,21-,22+,23+,24+/m1/s1. The van der Waals surface area contributed by atoms with Gasteiger partial charge >= 0.3 is 0 Å². The lowest BCUT2D eigenvalue weighted by molar-refractivity contribution is -0.310. The number of fused-ring (bicyclic) bond motifs is 4. The van der Waals surface area contributed by atoms with Gasteiger partial charge in [-0.05, 0) is 39.7 Å². The number of benzene rings is 1. The molecule has 1 aromatic carbocycles. The fourth-order valence-electron chi connectivity index (χ4n) is 6.25. The van der Waals surface area contributed by atoms with Crippen LogP contribution in [0.1, 0.15) is 39.7 Å². The second kappa shape index (κ2) is 9.23. The number of ether oxygens (including phenoxy) is 7. The molecule has 0 unspecified atom stereocenters. The summed E-state index contributed by atoms with van der Waals surface area (Å²) in [6.07, 6.45) is -3.60. The molecule has 5 aliphatic heterocycles. The topological polar surface area (TPSA) is 97.3 Å². The molecule has 5 heterocycles. The molecule has 5 aliphatic rings. The van der Waals surface area contributed by atoms with Gasteiger partial charge in [-0.2, -0.15) is 5.06 Å². The van der Waals surface area contributed by atoms with Crippen molar-refractivity contribution in [3.8, 4) is 0 Å². The zero-order valence-corrected chi connectivity index (χ0v) is 21.4. The Morgan fingerprint density at radius 1 is 0.917 bits per heavy atom. The van der Waals surface area contributed by atoms with Gasteiger partial charge in [0.15, 0.2) is 17.9 Å². The smallest absolute Gasteiger partial charge is 0.186 e. The third-order valence-corrected chi connectivity index (χ3v) is 7.66. The summed E-state index contributed by atoms with van der Waals surface area (Å²) in [5.41, 5.74) is 1.05. The molecule has 5 fully saturated rings. The molecular weight excluding hydrogens is 470 g/mol. The molecule has 6 rings (SSSR count). The Balaban J connectivity index is 1.26. The lowest BCUT2D eigenvalue weighted by atomic mass is 9.88. The van der Waals surface area contributed by atoms with E-state index in [4.69, 9.17) is 38.0 Å². The van der Waals surface area contributed by atoms with Crippen molar-refractivity contribution in [2.24, 2.45) is 0 Å². The van der Waals surface area contributed by atoms with Crippen molar-refractivity contribution in [2.75, 3.05) is 13.7 Å². The summed E-state index contributed by atoms with van der Waals surface area (Å²) in [5.74, 6) is -1.56. The van der Waals surface area contributed by atoms with Gasteiger partial charge in [0.25, 0.3) is 0 Å². The summed E-state index contributed by atoms with van der Waals surface area (Å²) < 4.78 is 43.4. The Morgan fingerprint density at radius 3 is 2.31 bits per heavy atom. The molecule has 1 N–H and O–H groups in total. The second-order valence-electron chi connectivity index (χ2n) is 11.2. The van der Waals surface area contributed by atoms with Crippen LogP contribution in [0.5, 0.6) is 0 Å². The lowest BCUT2D eigenvalue weighted by Crippen LogP contribution is -2.60. The summed E-state index contributed by atoms with van der Waals surface area (Å²) >= 11 is 0. The Hall–Kier alpha value is -1.18. The van der Waals surface area contributed by atoms with Gasteiger partial charge in [0.1, 0.15) is 42.7 Å². The van der Waals surface area contributed by atoms with Gasteiger partial charge in [-0.3, -0.25) is 4.84 Å². The van der Waals surface area contributed by atoms with Crippen LogP contribution in [0.15, 0.2) is 30.3 Å². The number of rotatable bonds is 5. The summed E-state index contributed by atoms with van der Waals surface area (Å²) in [6.45, 7) is 8.23. The summed E-state index contributed by atoms with van der Waals surface area (Å²) in [5, 5.41) is 12.6. The average molecular weight is 508 g/mol. The predicted molar refractivity (Wildman–Crippen MR) is 124 cm³/mol. The van der Waals surface area contributed by atoms with E-state index in [2.05, 4.69) is 0 Å². The second-order valence-corrected chi connectivity index (χ2v) is 11.2. The van der Waals surface area contributed by atoms with Crippen LogP contribution in [0.2, 0.25) is 0 Å². The molecule has 36 heavy (non-hydrogen) atoms. The molecular formula is C26H37NO9. The van der Waals surface area contributed by atoms with E-state index in [0.717, 1.165) is 5.56 Å². The van der Waals surface area contributed by atoms with Crippen LogP contribution < -0.4 is 0 Å². The van der Waals surface area contributed by atoms with Crippen LogP contribution in [-0.4, -0.2) is 96.6 Å². The van der Waals surface area contributed by atoms with Crippen LogP contribution >= 0.6 is 0 Å². The normalized spacial score (nSPS) is 45.3. The summed E-state index contributed by atoms with van der Waals surface area (Å²) in [4.78, 5) is 6.41. The molecule has 10 heteroatoms. The number of aliphatic hydroxyl groups is 1. The van der Waals surface area contributed by atoms with E-state index in [1.54, 1.807) is 7.11 Å². The number of aliphatic hydroxyl groups excluding tert-OH is 1. The molecule has 0 saturated carbocycles. The molecule has 0 aliphatic carbocycles. The van der Waals surface area contributed by atoms with Gasteiger partial charge in [0.05, 0.1) is 25.3 Å². The van der Waals surface area contributed by atoms with Crippen LogP contribution in [0.3, 0.4) is 0 Å². The van der Waals surface area contributed by atoms with Crippen LogP contribution in [0.25, 0.3) is 0 Å². The van der Waals surface area contributed by atoms with E-state index < -0.39 is 54.5 Å². The van der Waals surface area contributed by atoms with Gasteiger partial charge in [0.2, 0.25) is 0 Å². The third-order valence-electron chi connectivity index (χ3n) is 7.66. The Labute approximate surface area is 211 Å². The summed E-state index contributed by atoms with van der Waals surface area (Å²) in [7, 11) is 1.60. The monoisotopic (exact) mass is 507 g/mol. The largest absolute Gasteiger partial charge is 0.389 e. The Morgan fingerprint density at radius 2 is 1.58 bits per heavy atom. The zero-order valence-electron chi connectivity index (χ0n) is 21.4. The molecule has 10 atom stereocenters. The summed E-state index contributed by atoms with van der Waals surface area (Å²) in [6, 6.07) is 9.92. The first-order chi connectivity index (χ1) is 17.1. The maximum atomic E-state index is 10.7. The van der Waals surface area contributed by atoms with Gasteiger partial charge < -0.3 is 38.3 Å². The van der Waals surface area contributed by atoms with Gasteiger partial charge in [-0.15, -0.1) is 0 Å². The molecule has 10 nitrogen and oxygen atoms in total. The van der Waals surface area contributed by atoms with E-state index in [1.165, 1.54) is 0 Å². The van der Waals surface area contributed by atoms with E-state index in [-0.39, 0.29) is 18.2 Å². The first-order valence-electron chi connectivity index (χ1n) is 12.8. The van der Waals surface area contributed by atoms with Crippen molar-refractivity contribution in [1.82, 2.24) is 5.06 Å². The number of piperidine rings is 1. The SMILES string of the molecule is CO[C@H]1O[C@H]([C@H]2C[C@@H]3[C@H]4OC(C)(C)O[C@H]4[C@H](O)CN3O2)[C@@H](OCc2ccccc2)[C@@H]2OC(C)(C)O[C@H]12. The van der Waals surface area contributed by atoms with E-state index in [1.807, 2.05) is 63.1 Å². The van der Waals surface area contributed by atoms with Gasteiger partial charge in [-0.25, -0.2) is 0 Å². The molecule has 0 radical (unpaired) electrons. The maximum Gasteiger partial charge on any atom is 0.186 e. The van der Waals surface area contributed by atoms with Crippen LogP contribution in [0.4, 0.5) is 0 Å². The average Bonchev–Trinajstić information content (AvgIpc) is 3.49. The Kier molecular flexibility index (Phi) is 6.44. The number of nitrogens with zero attached hydrogens (tertiary/aromatic N) is 1. The lowest BCUT2D eigenvalue weighted by Gasteiger charge is -2.43. The first kappa shape index (κ1) is 25.1. The number of methoxy groups -OCH3 is 1. The quantitative estimate of drug-likeness (QED) is 0.635. The highest BCUT2D eigenvalue weighted by Gasteiger charge is 2.62. The maximum absolute atomic E-state index is 10.7. The molecule has 0 bridgehead atoms. The number of hydrogen-bond donors (Lipinski definition) is 1. The highest BCUT2D eigenvalue weighted by molar-refractivity contribution is 5.14. The number of hydrogen-bond acceptors (Lipinski definition) is 10. The van der Waals surface area contributed by atoms with Crippen LogP contribution in [-0.2, 0) is 44.6 Å². The minimum absolute atomic E-state index is 0.0838. The highest BCUT2D eigenvalue weighted by atomic mass is 16.8. The Bertz CT molecular complexity index is 929.